The predicted octanol–water partition coefficient (Wildman–Crippen LogP) is 3.65. The van der Waals surface area contributed by atoms with Gasteiger partial charge in [-0.25, -0.2) is 8.42 Å². The molecular weight excluding hydrogens is 423 g/mol. The highest BCUT2D eigenvalue weighted by molar-refractivity contribution is 7.92. The van der Waals surface area contributed by atoms with Crippen molar-refractivity contribution in [2.24, 2.45) is 0 Å². The zero-order valence-electron chi connectivity index (χ0n) is 15.8. The quantitative estimate of drug-likeness (QED) is 0.673. The van der Waals surface area contributed by atoms with E-state index in [9.17, 15) is 13.2 Å². The summed E-state index contributed by atoms with van der Waals surface area (Å²) < 4.78 is 31.0. The Hall–Kier alpha value is -1.96. The minimum Gasteiger partial charge on any atom is -0.491 e. The minimum absolute atomic E-state index is 0.221. The maximum absolute atomic E-state index is 12.4. The number of carbonyl (C=O) groups excluding carboxylic acids is 1. The molecule has 0 saturated carbocycles. The van der Waals surface area contributed by atoms with Crippen LogP contribution in [0.15, 0.2) is 42.5 Å². The van der Waals surface area contributed by atoms with E-state index in [2.05, 4.69) is 5.32 Å². The Morgan fingerprint density at radius 2 is 1.79 bits per heavy atom. The number of sulfonamides is 1. The van der Waals surface area contributed by atoms with Crippen LogP contribution in [0.2, 0.25) is 10.0 Å². The lowest BCUT2D eigenvalue weighted by molar-refractivity contribution is -0.120. The van der Waals surface area contributed by atoms with Crippen molar-refractivity contribution in [1.29, 1.82) is 0 Å². The van der Waals surface area contributed by atoms with Crippen molar-refractivity contribution in [2.75, 3.05) is 23.7 Å². The number of hydrogen-bond donors (Lipinski definition) is 1. The van der Waals surface area contributed by atoms with Gasteiger partial charge >= 0.3 is 0 Å². The summed E-state index contributed by atoms with van der Waals surface area (Å²) >= 11 is 11.9. The molecule has 0 spiro atoms. The molecule has 0 bridgehead atoms. The van der Waals surface area contributed by atoms with Crippen LogP contribution >= 0.6 is 23.2 Å². The molecule has 2 rings (SSSR count). The monoisotopic (exact) mass is 444 g/mol. The lowest BCUT2D eigenvalue weighted by Crippen LogP contribution is -2.44. The van der Waals surface area contributed by atoms with E-state index in [0.29, 0.717) is 0 Å². The number of carbonyl (C=O) groups is 1. The van der Waals surface area contributed by atoms with Crippen molar-refractivity contribution in [2.45, 2.75) is 19.9 Å². The molecule has 0 aliphatic carbocycles. The normalized spacial score (nSPS) is 12.3. The minimum atomic E-state index is -3.72. The molecule has 0 fully saturated rings. The number of halogens is 2. The largest absolute Gasteiger partial charge is 0.491 e. The van der Waals surface area contributed by atoms with E-state index in [1.54, 1.807) is 6.92 Å². The number of nitrogens with zero attached hydrogens (tertiary/aromatic N) is 1. The van der Waals surface area contributed by atoms with Gasteiger partial charge in [-0.15, -0.1) is 0 Å². The first-order chi connectivity index (χ1) is 13.1. The van der Waals surface area contributed by atoms with Crippen LogP contribution in [0, 0.1) is 6.92 Å². The number of anilines is 1. The molecule has 1 atom stereocenters. The summed E-state index contributed by atoms with van der Waals surface area (Å²) in [5.74, 6) is 0.261. The fraction of sp³-hybridized carbons (Fsp3) is 0.316. The van der Waals surface area contributed by atoms with E-state index in [-0.39, 0.29) is 28.4 Å². The van der Waals surface area contributed by atoms with Crippen molar-refractivity contribution in [3.05, 3.63) is 58.1 Å². The Bertz CT molecular complexity index is 930. The van der Waals surface area contributed by atoms with Gasteiger partial charge in [-0.2, -0.15) is 0 Å². The number of amides is 1. The summed E-state index contributed by atoms with van der Waals surface area (Å²) in [5.41, 5.74) is 1.21. The number of para-hydroxylation sites is 1. The third-order valence-corrected chi connectivity index (χ3v) is 5.39. The van der Waals surface area contributed by atoms with Crippen LogP contribution in [-0.2, 0) is 14.8 Å². The van der Waals surface area contributed by atoms with Crippen LogP contribution in [-0.4, -0.2) is 39.8 Å². The molecule has 1 amide bonds. The van der Waals surface area contributed by atoms with E-state index in [1.165, 1.54) is 18.2 Å². The fourth-order valence-corrected chi connectivity index (χ4v) is 3.86. The van der Waals surface area contributed by atoms with E-state index in [1.807, 2.05) is 31.2 Å². The van der Waals surface area contributed by atoms with Crippen LogP contribution in [0.5, 0.6) is 5.75 Å². The summed E-state index contributed by atoms with van der Waals surface area (Å²) in [4.78, 5) is 12.4. The van der Waals surface area contributed by atoms with Crippen LogP contribution < -0.4 is 14.4 Å². The molecule has 6 nitrogen and oxygen atoms in total. The summed E-state index contributed by atoms with van der Waals surface area (Å²) in [6.07, 6.45) is 1.01. The Balaban J connectivity index is 2.02. The molecule has 0 heterocycles. The van der Waals surface area contributed by atoms with Crippen molar-refractivity contribution < 1.29 is 17.9 Å². The molecule has 2 aromatic rings. The zero-order valence-corrected chi connectivity index (χ0v) is 18.1. The molecule has 0 aliphatic heterocycles. The third-order valence-electron chi connectivity index (χ3n) is 3.81. The highest BCUT2D eigenvalue weighted by Gasteiger charge is 2.22. The Labute approximate surface area is 175 Å². The maximum Gasteiger partial charge on any atom is 0.241 e. The predicted molar refractivity (Wildman–Crippen MR) is 113 cm³/mol. The number of aryl methyl sites for hydroxylation is 1. The second-order valence-electron chi connectivity index (χ2n) is 6.44. The second-order valence-corrected chi connectivity index (χ2v) is 9.22. The van der Waals surface area contributed by atoms with Gasteiger partial charge < -0.3 is 10.1 Å². The third kappa shape index (κ3) is 6.58. The molecule has 1 N–H and O–H groups in total. The van der Waals surface area contributed by atoms with Crippen molar-refractivity contribution >= 4 is 44.8 Å². The average molecular weight is 445 g/mol. The van der Waals surface area contributed by atoms with Crippen molar-refractivity contribution in [3.8, 4) is 5.75 Å². The summed E-state index contributed by atoms with van der Waals surface area (Å²) in [6, 6.07) is 11.6. The summed E-state index contributed by atoms with van der Waals surface area (Å²) in [7, 11) is -3.72. The Morgan fingerprint density at radius 3 is 2.36 bits per heavy atom. The van der Waals surface area contributed by atoms with Gasteiger partial charge in [0.25, 0.3) is 0 Å². The van der Waals surface area contributed by atoms with Gasteiger partial charge in [-0.3, -0.25) is 9.10 Å². The standard InChI is InChI=1S/C19H22Cl2N2O4S/c1-13-6-4-5-7-18(13)27-12-14(2)22-19(24)11-23(28(3,25)26)17-9-15(20)8-16(21)10-17/h4-10,14H,11-12H2,1-3H3,(H,22,24)/t14-/m1/s1. The van der Waals surface area contributed by atoms with Gasteiger partial charge in [0.1, 0.15) is 18.9 Å². The Morgan fingerprint density at radius 1 is 1.18 bits per heavy atom. The number of benzene rings is 2. The molecule has 0 aliphatic rings. The Kier molecular flexibility index (Phi) is 7.57. The highest BCUT2D eigenvalue weighted by Crippen LogP contribution is 2.26. The van der Waals surface area contributed by atoms with Gasteiger partial charge in [0.2, 0.25) is 15.9 Å². The molecule has 28 heavy (non-hydrogen) atoms. The topological polar surface area (TPSA) is 75.7 Å². The lowest BCUT2D eigenvalue weighted by atomic mass is 10.2. The van der Waals surface area contributed by atoms with E-state index < -0.39 is 22.5 Å². The van der Waals surface area contributed by atoms with Gasteiger partial charge in [-0.05, 0) is 43.7 Å². The second kappa shape index (κ2) is 9.49. The van der Waals surface area contributed by atoms with E-state index >= 15 is 0 Å². The number of rotatable bonds is 8. The fourth-order valence-electron chi connectivity index (χ4n) is 2.51. The molecule has 0 unspecified atom stereocenters. The van der Waals surface area contributed by atoms with E-state index in [0.717, 1.165) is 21.9 Å². The van der Waals surface area contributed by atoms with Crippen molar-refractivity contribution in [3.63, 3.8) is 0 Å². The van der Waals surface area contributed by atoms with Gasteiger partial charge in [0.15, 0.2) is 0 Å². The van der Waals surface area contributed by atoms with Crippen LogP contribution in [0.25, 0.3) is 0 Å². The highest BCUT2D eigenvalue weighted by atomic mass is 35.5. The molecule has 0 radical (unpaired) electrons. The molecule has 0 aromatic heterocycles. The lowest BCUT2D eigenvalue weighted by Gasteiger charge is -2.23. The summed E-state index contributed by atoms with van der Waals surface area (Å²) in [6.45, 7) is 3.55. The number of ether oxygens (including phenoxy) is 1. The summed E-state index contributed by atoms with van der Waals surface area (Å²) in [5, 5.41) is 3.28. The van der Waals surface area contributed by atoms with Gasteiger partial charge in [0, 0.05) is 10.0 Å². The van der Waals surface area contributed by atoms with E-state index in [4.69, 9.17) is 27.9 Å². The number of hydrogen-bond acceptors (Lipinski definition) is 4. The first-order valence-corrected chi connectivity index (χ1v) is 11.1. The molecular formula is C19H22Cl2N2O4S. The zero-order chi connectivity index (χ0) is 20.9. The van der Waals surface area contributed by atoms with Gasteiger partial charge in [-0.1, -0.05) is 41.4 Å². The first kappa shape index (κ1) is 22.3. The molecule has 152 valence electrons. The molecule has 0 saturated heterocycles. The van der Waals surface area contributed by atoms with Crippen LogP contribution in [0.4, 0.5) is 5.69 Å². The van der Waals surface area contributed by atoms with Crippen molar-refractivity contribution in [1.82, 2.24) is 5.32 Å². The molecule has 9 heteroatoms. The van der Waals surface area contributed by atoms with Crippen LogP contribution in [0.1, 0.15) is 12.5 Å². The first-order valence-electron chi connectivity index (χ1n) is 8.48. The molecule has 2 aromatic carbocycles. The van der Waals surface area contributed by atoms with Crippen LogP contribution in [0.3, 0.4) is 0 Å². The average Bonchev–Trinajstić information content (AvgIpc) is 2.57. The van der Waals surface area contributed by atoms with Gasteiger partial charge in [0.05, 0.1) is 18.0 Å². The SMILES string of the molecule is Cc1ccccc1OC[C@@H](C)NC(=O)CN(c1cc(Cl)cc(Cl)c1)S(C)(=O)=O. The smallest absolute Gasteiger partial charge is 0.241 e. The maximum atomic E-state index is 12.4. The number of nitrogens with one attached hydrogen (secondary N) is 1.